The number of ether oxygens (including phenoxy) is 2. The molecule has 132 valence electrons. The Labute approximate surface area is 148 Å². The Kier molecular flexibility index (Phi) is 7.01. The quantitative estimate of drug-likeness (QED) is 0.768. The summed E-state index contributed by atoms with van der Waals surface area (Å²) in [5.41, 5.74) is 2.50. The van der Waals surface area contributed by atoms with Crippen molar-refractivity contribution >= 4 is 17.7 Å². The van der Waals surface area contributed by atoms with Crippen molar-refractivity contribution in [3.8, 4) is 0 Å². The summed E-state index contributed by atoms with van der Waals surface area (Å²) < 4.78 is 10.2. The van der Waals surface area contributed by atoms with Gasteiger partial charge in [0.1, 0.15) is 6.61 Å². The molecule has 0 saturated carbocycles. The van der Waals surface area contributed by atoms with Crippen molar-refractivity contribution < 1.29 is 19.1 Å². The van der Waals surface area contributed by atoms with Gasteiger partial charge in [0.05, 0.1) is 12.5 Å². The molecule has 1 atom stereocenters. The summed E-state index contributed by atoms with van der Waals surface area (Å²) in [4.78, 5) is 23.6. The normalized spacial score (nSPS) is 11.4. The van der Waals surface area contributed by atoms with E-state index in [2.05, 4.69) is 5.32 Å². The minimum absolute atomic E-state index is 0.215. The van der Waals surface area contributed by atoms with Crippen LogP contribution in [0.3, 0.4) is 0 Å². The number of carbonyl (C=O) groups excluding carboxylic acids is 2. The SMILES string of the molecule is CCOC(=O)C(C)Cc1cccc(NC(=O)OCc2ccccc2)c1. The molecule has 0 bridgehead atoms. The van der Waals surface area contributed by atoms with Crippen molar-refractivity contribution in [2.45, 2.75) is 26.9 Å². The van der Waals surface area contributed by atoms with E-state index < -0.39 is 6.09 Å². The molecule has 0 aliphatic heterocycles. The Bertz CT molecular complexity index is 700. The van der Waals surface area contributed by atoms with Gasteiger partial charge in [-0.3, -0.25) is 10.1 Å². The number of carbonyl (C=O) groups is 2. The van der Waals surface area contributed by atoms with Gasteiger partial charge >= 0.3 is 12.1 Å². The second-order valence-corrected chi connectivity index (χ2v) is 5.74. The third kappa shape index (κ3) is 6.30. The van der Waals surface area contributed by atoms with Crippen LogP contribution < -0.4 is 5.32 Å². The molecule has 2 aromatic rings. The molecule has 0 aliphatic rings. The first kappa shape index (κ1) is 18.5. The lowest BCUT2D eigenvalue weighted by molar-refractivity contribution is -0.147. The lowest BCUT2D eigenvalue weighted by Gasteiger charge is -2.12. The summed E-state index contributed by atoms with van der Waals surface area (Å²) in [6.45, 7) is 4.20. The van der Waals surface area contributed by atoms with E-state index in [1.165, 1.54) is 0 Å². The largest absolute Gasteiger partial charge is 0.466 e. The maximum absolute atomic E-state index is 11.9. The van der Waals surface area contributed by atoms with E-state index in [0.717, 1.165) is 11.1 Å². The molecule has 2 aromatic carbocycles. The van der Waals surface area contributed by atoms with Gasteiger partial charge in [-0.2, -0.15) is 0 Å². The van der Waals surface area contributed by atoms with Crippen LogP contribution in [0.4, 0.5) is 10.5 Å². The van der Waals surface area contributed by atoms with Crippen molar-refractivity contribution in [1.82, 2.24) is 0 Å². The van der Waals surface area contributed by atoms with Gasteiger partial charge in [0.25, 0.3) is 0 Å². The lowest BCUT2D eigenvalue weighted by Crippen LogP contribution is -2.17. The molecular formula is C20H23NO4. The molecule has 0 fully saturated rings. The maximum Gasteiger partial charge on any atom is 0.411 e. The zero-order valence-electron chi connectivity index (χ0n) is 14.5. The molecule has 0 spiro atoms. The van der Waals surface area contributed by atoms with Crippen LogP contribution in [0.15, 0.2) is 54.6 Å². The van der Waals surface area contributed by atoms with Crippen molar-refractivity contribution in [2.75, 3.05) is 11.9 Å². The highest BCUT2D eigenvalue weighted by Gasteiger charge is 2.15. The van der Waals surface area contributed by atoms with E-state index in [1.54, 1.807) is 13.0 Å². The number of benzene rings is 2. The first-order chi connectivity index (χ1) is 12.1. The molecular weight excluding hydrogens is 318 g/mol. The van der Waals surface area contributed by atoms with Crippen molar-refractivity contribution in [2.24, 2.45) is 5.92 Å². The fraction of sp³-hybridized carbons (Fsp3) is 0.300. The molecule has 2 rings (SSSR count). The van der Waals surface area contributed by atoms with Gasteiger partial charge in [-0.25, -0.2) is 4.79 Å². The molecule has 1 amide bonds. The summed E-state index contributed by atoms with van der Waals surface area (Å²) in [6.07, 6.45) is 0.0346. The fourth-order valence-corrected chi connectivity index (χ4v) is 2.37. The zero-order valence-corrected chi connectivity index (χ0v) is 14.5. The first-order valence-electron chi connectivity index (χ1n) is 8.31. The second-order valence-electron chi connectivity index (χ2n) is 5.74. The van der Waals surface area contributed by atoms with Crippen molar-refractivity contribution in [1.29, 1.82) is 0 Å². The van der Waals surface area contributed by atoms with Crippen molar-refractivity contribution in [3.05, 3.63) is 65.7 Å². The highest BCUT2D eigenvalue weighted by Crippen LogP contribution is 2.16. The second kappa shape index (κ2) is 9.47. The Morgan fingerprint density at radius 2 is 1.72 bits per heavy atom. The lowest BCUT2D eigenvalue weighted by atomic mass is 10.0. The van der Waals surface area contributed by atoms with Gasteiger partial charge in [0.2, 0.25) is 0 Å². The summed E-state index contributed by atoms with van der Waals surface area (Å²) in [5, 5.41) is 2.70. The molecule has 5 heteroatoms. The molecule has 0 aromatic heterocycles. The first-order valence-corrected chi connectivity index (χ1v) is 8.31. The summed E-state index contributed by atoms with van der Waals surface area (Å²) in [7, 11) is 0. The molecule has 0 aliphatic carbocycles. The van der Waals surface area contributed by atoms with Gasteiger partial charge in [0, 0.05) is 5.69 Å². The van der Waals surface area contributed by atoms with Crippen LogP contribution in [0.1, 0.15) is 25.0 Å². The molecule has 5 nitrogen and oxygen atoms in total. The predicted molar refractivity (Wildman–Crippen MR) is 96.2 cm³/mol. The number of nitrogens with one attached hydrogen (secondary N) is 1. The average Bonchev–Trinajstić information content (AvgIpc) is 2.61. The highest BCUT2D eigenvalue weighted by atomic mass is 16.5. The van der Waals surface area contributed by atoms with Crippen molar-refractivity contribution in [3.63, 3.8) is 0 Å². The zero-order chi connectivity index (χ0) is 18.1. The van der Waals surface area contributed by atoms with Gasteiger partial charge in [-0.15, -0.1) is 0 Å². The third-order valence-corrected chi connectivity index (χ3v) is 3.62. The Morgan fingerprint density at radius 1 is 1.00 bits per heavy atom. The molecule has 1 unspecified atom stereocenters. The summed E-state index contributed by atoms with van der Waals surface area (Å²) in [5.74, 6) is -0.455. The Morgan fingerprint density at radius 3 is 2.44 bits per heavy atom. The number of anilines is 1. The number of amides is 1. The topological polar surface area (TPSA) is 64.6 Å². The molecule has 0 radical (unpaired) electrons. The monoisotopic (exact) mass is 341 g/mol. The minimum atomic E-state index is -0.514. The summed E-state index contributed by atoms with van der Waals surface area (Å²) >= 11 is 0. The van der Waals surface area contributed by atoms with E-state index >= 15 is 0 Å². The van der Waals surface area contributed by atoms with E-state index in [-0.39, 0.29) is 18.5 Å². The van der Waals surface area contributed by atoms with Crippen LogP contribution in [0.25, 0.3) is 0 Å². The number of hydrogen-bond donors (Lipinski definition) is 1. The van der Waals surface area contributed by atoms with E-state index in [9.17, 15) is 9.59 Å². The van der Waals surface area contributed by atoms with E-state index in [4.69, 9.17) is 9.47 Å². The van der Waals surface area contributed by atoms with Gasteiger partial charge in [-0.1, -0.05) is 49.4 Å². The van der Waals surface area contributed by atoms with Crippen LogP contribution in [0.5, 0.6) is 0 Å². The Hall–Kier alpha value is -2.82. The van der Waals surface area contributed by atoms with Crippen LogP contribution in [0.2, 0.25) is 0 Å². The molecule has 25 heavy (non-hydrogen) atoms. The predicted octanol–water partition coefficient (Wildman–Crippen LogP) is 4.18. The number of rotatable bonds is 7. The number of esters is 1. The molecule has 1 N–H and O–H groups in total. The van der Waals surface area contributed by atoms with E-state index in [0.29, 0.717) is 18.7 Å². The fourth-order valence-electron chi connectivity index (χ4n) is 2.37. The van der Waals surface area contributed by atoms with Crippen LogP contribution in [-0.4, -0.2) is 18.7 Å². The van der Waals surface area contributed by atoms with Crippen LogP contribution >= 0.6 is 0 Å². The van der Waals surface area contributed by atoms with Crippen LogP contribution in [-0.2, 0) is 27.3 Å². The maximum atomic E-state index is 11.9. The van der Waals surface area contributed by atoms with Crippen LogP contribution in [0, 0.1) is 5.92 Å². The standard InChI is InChI=1S/C20H23NO4/c1-3-24-19(22)15(2)12-17-10-7-11-18(13-17)21-20(23)25-14-16-8-5-4-6-9-16/h4-11,13,15H,3,12,14H2,1-2H3,(H,21,23). The highest BCUT2D eigenvalue weighted by molar-refractivity contribution is 5.84. The summed E-state index contributed by atoms with van der Waals surface area (Å²) in [6, 6.07) is 16.8. The van der Waals surface area contributed by atoms with Gasteiger partial charge < -0.3 is 9.47 Å². The Balaban J connectivity index is 1.87. The molecule has 0 heterocycles. The smallest absolute Gasteiger partial charge is 0.411 e. The van der Waals surface area contributed by atoms with Gasteiger partial charge in [-0.05, 0) is 36.6 Å². The number of hydrogen-bond acceptors (Lipinski definition) is 4. The third-order valence-electron chi connectivity index (χ3n) is 3.62. The average molecular weight is 341 g/mol. The molecule has 0 saturated heterocycles. The minimum Gasteiger partial charge on any atom is -0.466 e. The van der Waals surface area contributed by atoms with E-state index in [1.807, 2.05) is 55.5 Å². The van der Waals surface area contributed by atoms with Gasteiger partial charge in [0.15, 0.2) is 0 Å².